The van der Waals surface area contributed by atoms with Crippen LogP contribution < -0.4 is 5.32 Å². The highest BCUT2D eigenvalue weighted by atomic mass is 35.5. The fourth-order valence-electron chi connectivity index (χ4n) is 3.12. The Morgan fingerprint density at radius 1 is 1.35 bits per heavy atom. The van der Waals surface area contributed by atoms with Gasteiger partial charge in [-0.1, -0.05) is 11.6 Å². The molecule has 23 heavy (non-hydrogen) atoms. The van der Waals surface area contributed by atoms with Crippen LogP contribution in [-0.2, 0) is 12.8 Å². The van der Waals surface area contributed by atoms with Gasteiger partial charge in [0.05, 0.1) is 22.3 Å². The zero-order valence-corrected chi connectivity index (χ0v) is 13.1. The van der Waals surface area contributed by atoms with Crippen molar-refractivity contribution in [2.45, 2.75) is 25.3 Å². The molecule has 1 aromatic carbocycles. The summed E-state index contributed by atoms with van der Waals surface area (Å²) in [5.41, 5.74) is 3.55. The number of hydrogen-bond donors (Lipinski definition) is 2. The summed E-state index contributed by atoms with van der Waals surface area (Å²) in [6, 6.07) is 7.29. The summed E-state index contributed by atoms with van der Waals surface area (Å²) in [4.78, 5) is 17.0. The number of aromatic nitrogens is 3. The molecule has 0 fully saturated rings. The summed E-state index contributed by atoms with van der Waals surface area (Å²) in [5.74, 6) is -0.109. The highest BCUT2D eigenvalue weighted by molar-refractivity contribution is 6.36. The van der Waals surface area contributed by atoms with Gasteiger partial charge in [-0.05, 0) is 49.1 Å². The summed E-state index contributed by atoms with van der Waals surface area (Å²) in [7, 11) is 0. The maximum absolute atomic E-state index is 12.7. The molecule has 0 bridgehead atoms. The lowest BCUT2D eigenvalue weighted by atomic mass is 9.93. The Kier molecular flexibility index (Phi) is 3.50. The van der Waals surface area contributed by atoms with Crippen LogP contribution in [0.1, 0.15) is 28.0 Å². The number of amides is 1. The molecule has 3 aromatic rings. The van der Waals surface area contributed by atoms with Gasteiger partial charge in [0.25, 0.3) is 5.91 Å². The van der Waals surface area contributed by atoms with Crippen LogP contribution in [0.5, 0.6) is 0 Å². The van der Waals surface area contributed by atoms with E-state index >= 15 is 0 Å². The number of pyridine rings is 1. The molecule has 0 saturated carbocycles. The van der Waals surface area contributed by atoms with Gasteiger partial charge in [0.1, 0.15) is 0 Å². The number of nitrogens with zero attached hydrogens (tertiary/aromatic N) is 2. The van der Waals surface area contributed by atoms with Crippen LogP contribution >= 0.6 is 11.6 Å². The third-order valence-corrected chi connectivity index (χ3v) is 4.64. The second-order valence-corrected chi connectivity index (χ2v) is 6.19. The molecule has 5 nitrogen and oxygen atoms in total. The number of benzene rings is 1. The van der Waals surface area contributed by atoms with Crippen LogP contribution in [0.3, 0.4) is 0 Å². The summed E-state index contributed by atoms with van der Waals surface area (Å²) in [6.45, 7) is 0. The van der Waals surface area contributed by atoms with E-state index in [0.717, 1.165) is 24.6 Å². The smallest absolute Gasteiger partial charge is 0.253 e. The summed E-state index contributed by atoms with van der Waals surface area (Å²) in [6.07, 6.45) is 6.12. The van der Waals surface area contributed by atoms with Gasteiger partial charge in [-0.2, -0.15) is 5.10 Å². The van der Waals surface area contributed by atoms with Gasteiger partial charge in [-0.3, -0.25) is 14.9 Å². The fraction of sp³-hybridized carbons (Fsp3) is 0.235. The van der Waals surface area contributed by atoms with E-state index in [0.29, 0.717) is 16.1 Å². The Labute approximate surface area is 138 Å². The number of H-pyrrole nitrogens is 1. The number of aryl methyl sites for hydroxylation is 1. The summed E-state index contributed by atoms with van der Waals surface area (Å²) in [5, 5.41) is 11.6. The molecule has 0 saturated heterocycles. The molecule has 1 unspecified atom stereocenters. The molecular weight excluding hydrogens is 312 g/mol. The van der Waals surface area contributed by atoms with E-state index in [2.05, 4.69) is 20.5 Å². The molecule has 4 rings (SSSR count). The molecule has 2 heterocycles. The topological polar surface area (TPSA) is 70.7 Å². The zero-order valence-electron chi connectivity index (χ0n) is 12.3. The van der Waals surface area contributed by atoms with Gasteiger partial charge >= 0.3 is 0 Å². The molecule has 1 aliphatic rings. The number of hydrogen-bond acceptors (Lipinski definition) is 3. The Bertz CT molecular complexity index is 889. The van der Waals surface area contributed by atoms with Crippen molar-refractivity contribution in [1.29, 1.82) is 0 Å². The largest absolute Gasteiger partial charge is 0.349 e. The van der Waals surface area contributed by atoms with Gasteiger partial charge < -0.3 is 5.32 Å². The van der Waals surface area contributed by atoms with Gasteiger partial charge in [-0.15, -0.1) is 0 Å². The van der Waals surface area contributed by atoms with Crippen molar-refractivity contribution in [3.63, 3.8) is 0 Å². The van der Waals surface area contributed by atoms with E-state index in [4.69, 9.17) is 11.6 Å². The maximum Gasteiger partial charge on any atom is 0.253 e. The number of fused-ring (bicyclic) bond motifs is 2. The molecule has 1 aliphatic carbocycles. The quantitative estimate of drug-likeness (QED) is 0.760. The van der Waals surface area contributed by atoms with Crippen molar-refractivity contribution in [3.05, 3.63) is 58.5 Å². The summed E-state index contributed by atoms with van der Waals surface area (Å²) >= 11 is 6.19. The van der Waals surface area contributed by atoms with Crippen molar-refractivity contribution in [2.75, 3.05) is 0 Å². The minimum atomic E-state index is -0.109. The fourth-order valence-corrected chi connectivity index (χ4v) is 3.34. The first kappa shape index (κ1) is 14.2. The first-order valence-corrected chi connectivity index (χ1v) is 7.95. The Morgan fingerprint density at radius 2 is 2.26 bits per heavy atom. The molecule has 6 heteroatoms. The standard InChI is InChI=1S/C17H15ClN4O/c18-14-5-4-13(16-12(14)2-1-7-19-16)17(23)21-11-3-6-15-10(8-11)9-20-22-15/h1-2,4-5,7,9,11H,3,6,8H2,(H,20,22)(H,21,23). The third-order valence-electron chi connectivity index (χ3n) is 4.31. The Morgan fingerprint density at radius 3 is 3.17 bits per heavy atom. The maximum atomic E-state index is 12.7. The molecular formula is C17H15ClN4O. The normalized spacial score (nSPS) is 17.0. The molecule has 2 N–H and O–H groups in total. The number of halogens is 1. The lowest BCUT2D eigenvalue weighted by Crippen LogP contribution is -2.38. The van der Waals surface area contributed by atoms with E-state index in [1.165, 1.54) is 11.3 Å². The molecule has 1 atom stereocenters. The monoisotopic (exact) mass is 326 g/mol. The third kappa shape index (κ3) is 2.57. The average Bonchev–Trinajstić information content (AvgIpc) is 3.03. The SMILES string of the molecule is O=C(NC1CCc2[nH]ncc2C1)c1ccc(Cl)c2cccnc12. The Hall–Kier alpha value is -2.40. The van der Waals surface area contributed by atoms with E-state index in [9.17, 15) is 4.79 Å². The minimum Gasteiger partial charge on any atom is -0.349 e. The lowest BCUT2D eigenvalue weighted by molar-refractivity contribution is 0.0935. The number of carbonyl (C=O) groups excluding carboxylic acids is 1. The highest BCUT2D eigenvalue weighted by Gasteiger charge is 2.23. The van der Waals surface area contributed by atoms with Crippen LogP contribution in [-0.4, -0.2) is 27.1 Å². The number of aromatic amines is 1. The second kappa shape index (κ2) is 5.66. The predicted molar refractivity (Wildman–Crippen MR) is 88.6 cm³/mol. The van der Waals surface area contributed by atoms with E-state index < -0.39 is 0 Å². The molecule has 116 valence electrons. The van der Waals surface area contributed by atoms with Crippen molar-refractivity contribution < 1.29 is 4.79 Å². The van der Waals surface area contributed by atoms with Gasteiger partial charge in [0.2, 0.25) is 0 Å². The minimum absolute atomic E-state index is 0.109. The van der Waals surface area contributed by atoms with Crippen molar-refractivity contribution in [3.8, 4) is 0 Å². The summed E-state index contributed by atoms with van der Waals surface area (Å²) < 4.78 is 0. The number of carbonyl (C=O) groups is 1. The van der Waals surface area contributed by atoms with Crippen LogP contribution in [0.15, 0.2) is 36.7 Å². The van der Waals surface area contributed by atoms with E-state index in [1.807, 2.05) is 18.3 Å². The second-order valence-electron chi connectivity index (χ2n) is 5.78. The molecule has 0 radical (unpaired) electrons. The lowest BCUT2D eigenvalue weighted by Gasteiger charge is -2.23. The molecule has 0 spiro atoms. The van der Waals surface area contributed by atoms with Crippen molar-refractivity contribution in [1.82, 2.24) is 20.5 Å². The Balaban J connectivity index is 1.60. The first-order chi connectivity index (χ1) is 11.2. The molecule has 0 aliphatic heterocycles. The van der Waals surface area contributed by atoms with Gasteiger partial charge in [0.15, 0.2) is 0 Å². The van der Waals surface area contributed by atoms with E-state index in [-0.39, 0.29) is 11.9 Å². The first-order valence-electron chi connectivity index (χ1n) is 7.57. The van der Waals surface area contributed by atoms with Crippen LogP contribution in [0.25, 0.3) is 10.9 Å². The zero-order chi connectivity index (χ0) is 15.8. The van der Waals surface area contributed by atoms with Crippen LogP contribution in [0.4, 0.5) is 0 Å². The van der Waals surface area contributed by atoms with Crippen molar-refractivity contribution in [2.24, 2.45) is 0 Å². The van der Waals surface area contributed by atoms with Crippen LogP contribution in [0, 0.1) is 0 Å². The van der Waals surface area contributed by atoms with Gasteiger partial charge in [0, 0.05) is 23.3 Å². The van der Waals surface area contributed by atoms with Crippen LogP contribution in [0.2, 0.25) is 5.02 Å². The predicted octanol–water partition coefficient (Wildman–Crippen LogP) is 2.90. The number of nitrogens with one attached hydrogen (secondary N) is 2. The number of rotatable bonds is 2. The molecule has 2 aromatic heterocycles. The highest BCUT2D eigenvalue weighted by Crippen LogP contribution is 2.25. The molecule has 1 amide bonds. The van der Waals surface area contributed by atoms with E-state index in [1.54, 1.807) is 18.3 Å². The average molecular weight is 327 g/mol. The van der Waals surface area contributed by atoms with Crippen molar-refractivity contribution >= 4 is 28.4 Å². The van der Waals surface area contributed by atoms with Gasteiger partial charge in [-0.25, -0.2) is 0 Å².